The Morgan fingerprint density at radius 2 is 2.32 bits per heavy atom. The van der Waals surface area contributed by atoms with E-state index < -0.39 is 18.0 Å². The van der Waals surface area contributed by atoms with Gasteiger partial charge in [-0.2, -0.15) is 0 Å². The van der Waals surface area contributed by atoms with Gasteiger partial charge in [0.1, 0.15) is 17.9 Å². The van der Waals surface area contributed by atoms with Crippen LogP contribution in [-0.4, -0.2) is 38.3 Å². The number of anilines is 1. The summed E-state index contributed by atoms with van der Waals surface area (Å²) in [4.78, 5) is 23.6. The molecular weight excluding hydrogens is 250 g/mol. The summed E-state index contributed by atoms with van der Waals surface area (Å²) in [6.07, 6.45) is 0. The van der Waals surface area contributed by atoms with E-state index in [1.165, 1.54) is 7.11 Å². The van der Waals surface area contributed by atoms with Crippen molar-refractivity contribution in [1.29, 1.82) is 0 Å². The molecule has 0 fully saturated rings. The summed E-state index contributed by atoms with van der Waals surface area (Å²) in [7, 11) is 1.47. The number of hydrogen-bond acceptors (Lipinski definition) is 6. The van der Waals surface area contributed by atoms with Crippen LogP contribution in [0.5, 0.6) is 5.75 Å². The first-order valence-electron chi connectivity index (χ1n) is 5.94. The summed E-state index contributed by atoms with van der Waals surface area (Å²) in [5.74, 6) is -0.572. The van der Waals surface area contributed by atoms with Gasteiger partial charge in [0.15, 0.2) is 6.04 Å². The van der Waals surface area contributed by atoms with Crippen molar-refractivity contribution in [3.05, 3.63) is 23.8 Å². The van der Waals surface area contributed by atoms with E-state index >= 15 is 0 Å². The fourth-order valence-corrected chi connectivity index (χ4v) is 1.86. The number of esters is 2. The molecule has 0 amide bonds. The molecule has 0 aromatic heterocycles. The van der Waals surface area contributed by atoms with Crippen molar-refractivity contribution in [2.45, 2.75) is 13.0 Å². The van der Waals surface area contributed by atoms with Crippen molar-refractivity contribution in [2.24, 2.45) is 0 Å². The molecule has 0 spiro atoms. The maximum atomic E-state index is 11.9. The van der Waals surface area contributed by atoms with Crippen molar-refractivity contribution in [1.82, 2.24) is 0 Å². The molecule has 1 aromatic carbocycles. The third-order valence-electron chi connectivity index (χ3n) is 2.73. The number of carbonyl (C=O) groups excluding carboxylic acids is 2. The van der Waals surface area contributed by atoms with Gasteiger partial charge in [-0.15, -0.1) is 0 Å². The molecular formula is C13H15NO5. The maximum absolute atomic E-state index is 11.9. The molecule has 102 valence electrons. The second kappa shape index (κ2) is 5.60. The third kappa shape index (κ3) is 2.62. The number of fused-ring (bicyclic) bond motifs is 1. The Morgan fingerprint density at radius 1 is 1.53 bits per heavy atom. The highest BCUT2D eigenvalue weighted by Gasteiger charge is 2.30. The Bertz CT molecular complexity index is 500. The first kappa shape index (κ1) is 13.2. The first-order chi connectivity index (χ1) is 9.17. The summed E-state index contributed by atoms with van der Waals surface area (Å²) in [6.45, 7) is 1.92. The van der Waals surface area contributed by atoms with Crippen LogP contribution in [0.4, 0.5) is 5.69 Å². The fraction of sp³-hybridized carbons (Fsp3) is 0.385. The molecule has 0 bridgehead atoms. The number of cyclic esters (lactones) is 1. The second-order valence-electron chi connectivity index (χ2n) is 3.93. The van der Waals surface area contributed by atoms with Crippen LogP contribution in [0.25, 0.3) is 0 Å². The molecule has 0 radical (unpaired) electrons. The van der Waals surface area contributed by atoms with Crippen LogP contribution in [-0.2, 0) is 14.3 Å². The summed E-state index contributed by atoms with van der Waals surface area (Å²) < 4.78 is 15.1. The minimum Gasteiger partial charge on any atom is -0.496 e. The molecule has 1 N–H and O–H groups in total. The molecule has 2 rings (SSSR count). The van der Waals surface area contributed by atoms with Crippen LogP contribution < -0.4 is 10.1 Å². The second-order valence-corrected chi connectivity index (χ2v) is 3.93. The highest BCUT2D eigenvalue weighted by atomic mass is 16.6. The minimum absolute atomic E-state index is 0.0739. The monoisotopic (exact) mass is 265 g/mol. The van der Waals surface area contributed by atoms with Crippen molar-refractivity contribution in [3.8, 4) is 5.75 Å². The number of nitrogens with one attached hydrogen (secondary N) is 1. The zero-order valence-electron chi connectivity index (χ0n) is 10.8. The van der Waals surface area contributed by atoms with Crippen LogP contribution in [0.2, 0.25) is 0 Å². The van der Waals surface area contributed by atoms with Crippen molar-refractivity contribution in [3.63, 3.8) is 0 Å². The largest absolute Gasteiger partial charge is 0.496 e. The molecule has 1 heterocycles. The normalized spacial score (nSPS) is 17.6. The summed E-state index contributed by atoms with van der Waals surface area (Å²) in [6, 6.07) is 4.37. The zero-order valence-corrected chi connectivity index (χ0v) is 10.8. The van der Waals surface area contributed by atoms with E-state index in [2.05, 4.69) is 5.32 Å². The number of methoxy groups -OCH3 is 1. The number of rotatable bonds is 3. The van der Waals surface area contributed by atoms with Gasteiger partial charge in [0.25, 0.3) is 0 Å². The predicted octanol–water partition coefficient (Wildman–Crippen LogP) is 1.21. The molecule has 0 aliphatic carbocycles. The van der Waals surface area contributed by atoms with E-state index in [-0.39, 0.29) is 18.8 Å². The number of benzene rings is 1. The zero-order chi connectivity index (χ0) is 13.8. The molecule has 0 saturated heterocycles. The molecule has 1 aliphatic rings. The van der Waals surface area contributed by atoms with Gasteiger partial charge in [0.05, 0.1) is 19.4 Å². The predicted molar refractivity (Wildman–Crippen MR) is 67.3 cm³/mol. The highest BCUT2D eigenvalue weighted by molar-refractivity contribution is 6.00. The Kier molecular flexibility index (Phi) is 3.89. The van der Waals surface area contributed by atoms with Gasteiger partial charge in [-0.1, -0.05) is 6.07 Å². The lowest BCUT2D eigenvalue weighted by atomic mass is 10.1. The van der Waals surface area contributed by atoms with Gasteiger partial charge < -0.3 is 19.5 Å². The van der Waals surface area contributed by atoms with Crippen LogP contribution in [0, 0.1) is 0 Å². The molecule has 1 aliphatic heterocycles. The Balaban J connectivity index is 2.33. The van der Waals surface area contributed by atoms with Gasteiger partial charge in [-0.3, -0.25) is 0 Å². The van der Waals surface area contributed by atoms with E-state index in [0.717, 1.165) is 0 Å². The van der Waals surface area contributed by atoms with Gasteiger partial charge in [0, 0.05) is 0 Å². The Morgan fingerprint density at radius 3 is 3.00 bits per heavy atom. The number of ether oxygens (including phenoxy) is 3. The van der Waals surface area contributed by atoms with Gasteiger partial charge >= 0.3 is 11.9 Å². The SMILES string of the molecule is CCOC(=O)C1COC(=O)c2c(cccc2OC)N1. The summed E-state index contributed by atoms with van der Waals surface area (Å²) >= 11 is 0. The topological polar surface area (TPSA) is 73.9 Å². The van der Waals surface area contributed by atoms with E-state index in [0.29, 0.717) is 11.4 Å². The highest BCUT2D eigenvalue weighted by Crippen LogP contribution is 2.29. The first-order valence-corrected chi connectivity index (χ1v) is 5.94. The van der Waals surface area contributed by atoms with Gasteiger partial charge in [-0.25, -0.2) is 9.59 Å². The average Bonchev–Trinajstić information content (AvgIpc) is 2.58. The van der Waals surface area contributed by atoms with Gasteiger partial charge in [-0.05, 0) is 19.1 Å². The lowest BCUT2D eigenvalue weighted by molar-refractivity contribution is -0.144. The molecule has 6 heteroatoms. The van der Waals surface area contributed by atoms with E-state index in [1.807, 2.05) is 0 Å². The number of hydrogen-bond donors (Lipinski definition) is 1. The molecule has 6 nitrogen and oxygen atoms in total. The van der Waals surface area contributed by atoms with Crippen molar-refractivity contribution >= 4 is 17.6 Å². The van der Waals surface area contributed by atoms with Gasteiger partial charge in [0.2, 0.25) is 0 Å². The average molecular weight is 265 g/mol. The lowest BCUT2D eigenvalue weighted by Crippen LogP contribution is -2.34. The standard InChI is InChI=1S/C13H15NO5/c1-3-18-12(15)9-7-19-13(16)11-8(14-9)5-4-6-10(11)17-2/h4-6,9,14H,3,7H2,1-2H3. The van der Waals surface area contributed by atoms with Crippen LogP contribution in [0.1, 0.15) is 17.3 Å². The quantitative estimate of drug-likeness (QED) is 0.828. The number of carbonyl (C=O) groups is 2. The summed E-state index contributed by atoms with van der Waals surface area (Å²) in [5, 5.41) is 2.95. The summed E-state index contributed by atoms with van der Waals surface area (Å²) in [5.41, 5.74) is 0.789. The van der Waals surface area contributed by atoms with E-state index in [9.17, 15) is 9.59 Å². The van der Waals surface area contributed by atoms with Crippen LogP contribution in [0.15, 0.2) is 18.2 Å². The lowest BCUT2D eigenvalue weighted by Gasteiger charge is -2.15. The third-order valence-corrected chi connectivity index (χ3v) is 2.73. The van der Waals surface area contributed by atoms with Crippen molar-refractivity contribution < 1.29 is 23.8 Å². The molecule has 1 aromatic rings. The molecule has 19 heavy (non-hydrogen) atoms. The van der Waals surface area contributed by atoms with Crippen LogP contribution >= 0.6 is 0 Å². The Labute approximate surface area is 110 Å². The molecule has 1 atom stereocenters. The molecule has 0 saturated carbocycles. The molecule has 1 unspecified atom stereocenters. The Hall–Kier alpha value is -2.24. The smallest absolute Gasteiger partial charge is 0.344 e. The van der Waals surface area contributed by atoms with E-state index in [1.54, 1.807) is 25.1 Å². The van der Waals surface area contributed by atoms with Crippen LogP contribution in [0.3, 0.4) is 0 Å². The fourth-order valence-electron chi connectivity index (χ4n) is 1.86. The van der Waals surface area contributed by atoms with Crippen molar-refractivity contribution in [2.75, 3.05) is 25.6 Å². The minimum atomic E-state index is -0.711. The van der Waals surface area contributed by atoms with E-state index in [4.69, 9.17) is 14.2 Å². The maximum Gasteiger partial charge on any atom is 0.344 e.